The molecule has 8 rings (SSSR count). The Kier molecular flexibility index (Phi) is 23.5. The standard InChI is InChI=1S/C39H48N4O6.C29H32N4O2.H2S/c1-37(2,3)48-35(46)40-31(27-28-19-11-7-12-20-28)32(44)25-17-10-18-26-43-33(45)39(29-21-13-8-14-22-29,30-23-15-9-16-24-30)42-34(43)41-36(47)49-38(4,5)6;30-25(21-22-13-5-1-6-14-22)26(34)19-11-4-12-20-33-27(35)29(32-28(33)31,23-15-7-2-8-16-23)24-17-9-3-10-18-24;/h7-9,11-16,19-24,31H,10,17-18,25-27H2,1-6H3,(H,40,46)(H,41,42,47);1-3,5-10,13-18,25H,4,11-12,19-21,30H2,(H2,31,32);1H2/t31-;25-;/m00./s1. The molecule has 4 amide bonds. The third kappa shape index (κ3) is 17.8. The number of nitrogens with zero attached hydrogens (tertiary/aromatic N) is 4. The predicted molar refractivity (Wildman–Crippen MR) is 338 cm³/mol. The molecular formula is C68H82N8O8S. The van der Waals surface area contributed by atoms with E-state index in [0.717, 1.165) is 41.5 Å². The zero-order valence-corrected chi connectivity index (χ0v) is 50.7. The van der Waals surface area contributed by atoms with Crippen molar-refractivity contribution in [3.05, 3.63) is 215 Å². The molecule has 0 fully saturated rings. The third-order valence-electron chi connectivity index (χ3n) is 14.3. The van der Waals surface area contributed by atoms with Crippen LogP contribution in [0.1, 0.15) is 126 Å². The number of alkyl carbamates (subject to hydrolysis) is 2. The molecule has 0 aromatic heterocycles. The van der Waals surface area contributed by atoms with E-state index < -0.39 is 46.6 Å². The first-order valence-corrected chi connectivity index (χ1v) is 28.9. The van der Waals surface area contributed by atoms with Gasteiger partial charge in [-0.05, 0) is 113 Å². The van der Waals surface area contributed by atoms with Gasteiger partial charge in [0.05, 0.1) is 12.1 Å². The van der Waals surface area contributed by atoms with Gasteiger partial charge in [-0.3, -0.25) is 34.3 Å². The highest BCUT2D eigenvalue weighted by atomic mass is 32.1. The molecule has 2 heterocycles. The van der Waals surface area contributed by atoms with Gasteiger partial charge in [-0.1, -0.05) is 195 Å². The lowest BCUT2D eigenvalue weighted by molar-refractivity contribution is -0.131. The molecule has 0 spiro atoms. The topological polar surface area (TPSA) is 228 Å². The van der Waals surface area contributed by atoms with Crippen molar-refractivity contribution in [2.45, 2.75) is 140 Å². The SMILES string of the molecule is CC(C)(C)OC(=O)NC1=NC(c2ccccc2)(c2ccccc2)C(=O)N1CCCCCC(=O)[C@H](Cc1ccccc1)NC(=O)OC(C)(C)C.NC1=NC(c2ccccc2)(c2ccccc2)C(=O)N1CCCCCC(=O)[C@@H](N)Cc1ccccc1.S. The lowest BCUT2D eigenvalue weighted by Crippen LogP contribution is -2.47. The van der Waals surface area contributed by atoms with E-state index in [-0.39, 0.29) is 61.8 Å². The van der Waals surface area contributed by atoms with E-state index in [9.17, 15) is 28.8 Å². The van der Waals surface area contributed by atoms with Crippen molar-refractivity contribution < 1.29 is 38.2 Å². The number of nitrogens with two attached hydrogens (primary N) is 2. The number of rotatable bonds is 23. The van der Waals surface area contributed by atoms with Gasteiger partial charge in [0.15, 0.2) is 22.8 Å². The van der Waals surface area contributed by atoms with E-state index in [2.05, 4.69) is 10.6 Å². The van der Waals surface area contributed by atoms with Crippen LogP contribution in [0.25, 0.3) is 0 Å². The van der Waals surface area contributed by atoms with Crippen LogP contribution in [0.2, 0.25) is 0 Å². The van der Waals surface area contributed by atoms with Crippen LogP contribution in [0.3, 0.4) is 0 Å². The summed E-state index contributed by atoms with van der Waals surface area (Å²) in [6.45, 7) is 11.3. The number of ether oxygens (including phenoxy) is 2. The quantitative estimate of drug-likeness (QED) is 0.0444. The van der Waals surface area contributed by atoms with Gasteiger partial charge in [-0.2, -0.15) is 13.5 Å². The minimum atomic E-state index is -1.40. The van der Waals surface area contributed by atoms with Gasteiger partial charge in [0.25, 0.3) is 11.8 Å². The van der Waals surface area contributed by atoms with Crippen LogP contribution in [-0.2, 0) is 52.6 Å². The second-order valence-electron chi connectivity index (χ2n) is 23.1. The summed E-state index contributed by atoms with van der Waals surface area (Å²) in [4.78, 5) is 92.2. The van der Waals surface area contributed by atoms with Crippen LogP contribution in [0.4, 0.5) is 9.59 Å². The number of aliphatic imine (C=N–C) groups is 2. The molecule has 0 unspecified atom stereocenters. The molecule has 0 saturated heterocycles. The lowest BCUT2D eigenvalue weighted by Gasteiger charge is -2.27. The Hall–Kier alpha value is -8.41. The van der Waals surface area contributed by atoms with Crippen molar-refractivity contribution in [2.75, 3.05) is 13.1 Å². The van der Waals surface area contributed by atoms with E-state index in [0.29, 0.717) is 56.2 Å². The summed E-state index contributed by atoms with van der Waals surface area (Å²) in [5.74, 6) is -0.145. The fraction of sp³-hybridized carbons (Fsp3) is 0.353. The molecule has 17 heteroatoms. The maximum Gasteiger partial charge on any atom is 0.414 e. The summed E-state index contributed by atoms with van der Waals surface area (Å²) >= 11 is 0. The number of Topliss-reactive ketones (excluding diaryl/α,β-unsaturated/α-hetero) is 2. The molecule has 0 saturated carbocycles. The average Bonchev–Trinajstić information content (AvgIpc) is 1.78. The van der Waals surface area contributed by atoms with Crippen molar-refractivity contribution in [3.8, 4) is 0 Å². The minimum Gasteiger partial charge on any atom is -0.444 e. The normalized spacial score (nSPS) is 15.0. The molecule has 0 bridgehead atoms. The molecule has 0 radical (unpaired) electrons. The maximum atomic E-state index is 14.5. The van der Waals surface area contributed by atoms with E-state index in [4.69, 9.17) is 30.9 Å². The van der Waals surface area contributed by atoms with Crippen LogP contribution in [-0.4, -0.2) is 93.7 Å². The van der Waals surface area contributed by atoms with Gasteiger partial charge in [0.1, 0.15) is 17.0 Å². The second kappa shape index (κ2) is 30.4. The fourth-order valence-corrected chi connectivity index (χ4v) is 10.2. The number of ketones is 2. The maximum absolute atomic E-state index is 14.5. The Morgan fingerprint density at radius 2 is 0.859 bits per heavy atom. The van der Waals surface area contributed by atoms with Crippen molar-refractivity contribution in [1.82, 2.24) is 20.4 Å². The largest absolute Gasteiger partial charge is 0.444 e. The summed E-state index contributed by atoms with van der Waals surface area (Å²) in [5.41, 5.74) is 13.3. The number of guanidine groups is 2. The molecule has 85 heavy (non-hydrogen) atoms. The molecule has 6 aromatic rings. The van der Waals surface area contributed by atoms with Crippen molar-refractivity contribution in [3.63, 3.8) is 0 Å². The highest BCUT2D eigenvalue weighted by Gasteiger charge is 2.52. The van der Waals surface area contributed by atoms with Crippen molar-refractivity contribution in [2.24, 2.45) is 21.5 Å². The zero-order chi connectivity index (χ0) is 60.3. The monoisotopic (exact) mass is 1170 g/mol. The first-order valence-electron chi connectivity index (χ1n) is 28.9. The number of carbonyl (C=O) groups is 6. The van der Waals surface area contributed by atoms with E-state index in [1.807, 2.05) is 182 Å². The van der Waals surface area contributed by atoms with Crippen LogP contribution in [0, 0.1) is 0 Å². The molecular weight excluding hydrogens is 1090 g/mol. The van der Waals surface area contributed by atoms with Gasteiger partial charge in [-0.25, -0.2) is 19.6 Å². The van der Waals surface area contributed by atoms with E-state index in [1.54, 1.807) is 46.4 Å². The van der Waals surface area contributed by atoms with E-state index in [1.165, 1.54) is 4.90 Å². The lowest BCUT2D eigenvalue weighted by atomic mass is 9.83. The fourth-order valence-electron chi connectivity index (χ4n) is 10.2. The third-order valence-corrected chi connectivity index (χ3v) is 14.3. The Labute approximate surface area is 507 Å². The highest BCUT2D eigenvalue weighted by molar-refractivity contribution is 7.59. The number of nitrogens with one attached hydrogen (secondary N) is 2. The number of carbonyl (C=O) groups excluding carboxylic acids is 6. The molecule has 2 aliphatic rings. The summed E-state index contributed by atoms with van der Waals surface area (Å²) in [5, 5.41) is 5.49. The Balaban J connectivity index is 0.000000283. The van der Waals surface area contributed by atoms with Gasteiger partial charge >= 0.3 is 12.2 Å². The number of hydrogen-bond donors (Lipinski definition) is 4. The highest BCUT2D eigenvalue weighted by Crippen LogP contribution is 2.41. The number of hydrogen-bond acceptors (Lipinski definition) is 12. The van der Waals surface area contributed by atoms with Crippen LogP contribution in [0.5, 0.6) is 0 Å². The van der Waals surface area contributed by atoms with E-state index >= 15 is 0 Å². The van der Waals surface area contributed by atoms with Gasteiger partial charge in [-0.15, -0.1) is 0 Å². The van der Waals surface area contributed by atoms with Crippen molar-refractivity contribution in [1.29, 1.82) is 0 Å². The first-order chi connectivity index (χ1) is 40.2. The van der Waals surface area contributed by atoms with Crippen LogP contribution in [0.15, 0.2) is 192 Å². The molecule has 6 N–H and O–H groups in total. The van der Waals surface area contributed by atoms with Gasteiger partial charge in [0.2, 0.25) is 5.96 Å². The number of unbranched alkanes of at least 4 members (excludes halogenated alkanes) is 4. The summed E-state index contributed by atoms with van der Waals surface area (Å²) in [6.07, 6.45) is 4.15. The molecule has 16 nitrogen and oxygen atoms in total. The average molecular weight is 1170 g/mol. The second-order valence-corrected chi connectivity index (χ2v) is 23.1. The van der Waals surface area contributed by atoms with Crippen molar-refractivity contribution >= 4 is 61.0 Å². The molecule has 6 aromatic carbocycles. The van der Waals surface area contributed by atoms with Gasteiger partial charge in [0, 0.05) is 25.9 Å². The number of benzene rings is 6. The van der Waals surface area contributed by atoms with Crippen LogP contribution >= 0.6 is 13.5 Å². The Morgan fingerprint density at radius 1 is 0.494 bits per heavy atom. The molecule has 2 atom stereocenters. The Morgan fingerprint density at radius 3 is 1.29 bits per heavy atom. The molecule has 0 aliphatic carbocycles. The van der Waals surface area contributed by atoms with Gasteiger partial charge < -0.3 is 26.3 Å². The predicted octanol–water partition coefficient (Wildman–Crippen LogP) is 10.8. The summed E-state index contributed by atoms with van der Waals surface area (Å²) in [6, 6.07) is 55.8. The van der Waals surface area contributed by atoms with Crippen LogP contribution < -0.4 is 22.1 Å². The zero-order valence-electron chi connectivity index (χ0n) is 49.7. The molecule has 2 aliphatic heterocycles. The Bertz CT molecular complexity index is 3130. The first kappa shape index (κ1) is 65.7. The summed E-state index contributed by atoms with van der Waals surface area (Å²) < 4.78 is 10.9. The number of amides is 4. The summed E-state index contributed by atoms with van der Waals surface area (Å²) in [7, 11) is 0. The molecule has 448 valence electrons. The minimum absolute atomic E-state index is 0. The smallest absolute Gasteiger partial charge is 0.414 e.